The molecule has 1 atom stereocenters. The molecule has 1 aromatic rings. The fraction of sp³-hybridized carbons (Fsp3) is 0.704. The summed E-state index contributed by atoms with van der Waals surface area (Å²) in [6.45, 7) is 0.593. The molecule has 1 rings (SSSR count). The number of rotatable bonds is 21. The Kier molecular flexibility index (Phi) is 17.8. The lowest BCUT2D eigenvalue weighted by molar-refractivity contribution is -0.140. The van der Waals surface area contributed by atoms with Gasteiger partial charge in [0.15, 0.2) is 0 Å². The average molecular weight is 479 g/mol. The highest BCUT2D eigenvalue weighted by molar-refractivity contribution is 5.94. The lowest BCUT2D eigenvalue weighted by Crippen LogP contribution is -2.33. The summed E-state index contributed by atoms with van der Waals surface area (Å²) in [5.74, 6) is -0.352. The molecule has 7 heteroatoms. The zero-order valence-electron chi connectivity index (χ0n) is 21.0. The van der Waals surface area contributed by atoms with Crippen LogP contribution in [0.5, 0.6) is 0 Å². The predicted molar refractivity (Wildman–Crippen MR) is 137 cm³/mol. The number of benzene rings is 1. The van der Waals surface area contributed by atoms with Gasteiger partial charge in [-0.1, -0.05) is 70.6 Å². The minimum atomic E-state index is -0.933. The topological polar surface area (TPSA) is 108 Å². The van der Waals surface area contributed by atoms with Crippen molar-refractivity contribution < 1.29 is 24.5 Å². The smallest absolute Gasteiger partial charge is 0.305 e. The van der Waals surface area contributed by atoms with Gasteiger partial charge in [0.05, 0.1) is 19.8 Å². The molecule has 1 aromatic carbocycles. The molecule has 0 aliphatic heterocycles. The highest BCUT2D eigenvalue weighted by Gasteiger charge is 2.08. The van der Waals surface area contributed by atoms with E-state index in [1.165, 1.54) is 71.3 Å². The van der Waals surface area contributed by atoms with Crippen LogP contribution in [0.4, 0.5) is 5.69 Å². The normalized spacial score (nSPS) is 11.7. The molecular formula is C27H46N2O5. The molecule has 0 fully saturated rings. The molecule has 0 spiro atoms. The lowest BCUT2D eigenvalue weighted by Gasteiger charge is -2.10. The third kappa shape index (κ3) is 15.7. The maximum absolute atomic E-state index is 12.0. The van der Waals surface area contributed by atoms with Crippen molar-refractivity contribution >= 4 is 17.6 Å². The first-order valence-electron chi connectivity index (χ1n) is 13.0. The summed E-state index contributed by atoms with van der Waals surface area (Å²) in [6.07, 6.45) is 15.8. The summed E-state index contributed by atoms with van der Waals surface area (Å²) in [6, 6.07) is 7.29. The number of anilines is 1. The van der Waals surface area contributed by atoms with Crippen molar-refractivity contribution in [1.29, 1.82) is 0 Å². The fourth-order valence-electron chi connectivity index (χ4n) is 3.79. The van der Waals surface area contributed by atoms with Gasteiger partial charge in [-0.05, 0) is 37.1 Å². The Balaban J connectivity index is 1.90. The molecule has 0 aliphatic carbocycles. The second-order valence-electron chi connectivity index (χ2n) is 8.97. The maximum Gasteiger partial charge on any atom is 0.305 e. The van der Waals surface area contributed by atoms with Gasteiger partial charge < -0.3 is 25.6 Å². The quantitative estimate of drug-likeness (QED) is 0.149. The Morgan fingerprint density at radius 2 is 1.32 bits per heavy atom. The largest absolute Gasteiger partial charge is 0.469 e. The number of carbonyl (C=O) groups is 2. The van der Waals surface area contributed by atoms with E-state index in [0.717, 1.165) is 31.5 Å². The van der Waals surface area contributed by atoms with Crippen molar-refractivity contribution in [2.24, 2.45) is 0 Å². The monoisotopic (exact) mass is 478 g/mol. The van der Waals surface area contributed by atoms with Crippen molar-refractivity contribution in [2.45, 2.75) is 96.0 Å². The Morgan fingerprint density at radius 3 is 1.82 bits per heavy atom. The first-order chi connectivity index (χ1) is 16.6. The van der Waals surface area contributed by atoms with Crippen LogP contribution in [0.1, 0.15) is 100 Å². The standard InChI is InChI=1S/C27H46N2O5/c1-34-26(32)15-13-11-9-7-5-3-2-4-6-8-10-12-14-20-28-24-18-16-23(17-19-24)27(33)29-21-25(31)22-30/h16-19,25,28,30-31H,2-15,20-22H2,1H3,(H,29,33). The van der Waals surface area contributed by atoms with Crippen LogP contribution in [0.3, 0.4) is 0 Å². The molecule has 1 amide bonds. The fourth-order valence-corrected chi connectivity index (χ4v) is 3.79. The van der Waals surface area contributed by atoms with Crippen molar-refractivity contribution in [3.05, 3.63) is 29.8 Å². The summed E-state index contributed by atoms with van der Waals surface area (Å²) in [4.78, 5) is 23.0. The number of hydrogen-bond donors (Lipinski definition) is 4. The Labute approximate surface area is 205 Å². The average Bonchev–Trinajstić information content (AvgIpc) is 2.86. The number of methoxy groups -OCH3 is 1. The van der Waals surface area contributed by atoms with E-state index in [-0.39, 0.29) is 25.0 Å². The Hall–Kier alpha value is -2.12. The maximum atomic E-state index is 12.0. The van der Waals surface area contributed by atoms with Crippen LogP contribution < -0.4 is 10.6 Å². The van der Waals surface area contributed by atoms with E-state index in [1.807, 2.05) is 12.1 Å². The van der Waals surface area contributed by atoms with Gasteiger partial charge in [-0.15, -0.1) is 0 Å². The molecule has 0 saturated carbocycles. The number of carbonyl (C=O) groups excluding carboxylic acids is 2. The molecule has 0 heterocycles. The minimum Gasteiger partial charge on any atom is -0.469 e. The van der Waals surface area contributed by atoms with E-state index in [2.05, 4.69) is 15.4 Å². The van der Waals surface area contributed by atoms with Crippen LogP contribution in [-0.4, -0.2) is 55.0 Å². The molecule has 0 saturated heterocycles. The van der Waals surface area contributed by atoms with Gasteiger partial charge in [-0.3, -0.25) is 9.59 Å². The zero-order chi connectivity index (χ0) is 24.9. The Bertz CT molecular complexity index is 651. The highest BCUT2D eigenvalue weighted by Crippen LogP contribution is 2.14. The summed E-state index contributed by atoms with van der Waals surface area (Å²) < 4.78 is 4.65. The third-order valence-electron chi connectivity index (χ3n) is 5.97. The van der Waals surface area contributed by atoms with Gasteiger partial charge in [0.1, 0.15) is 0 Å². The summed E-state index contributed by atoms with van der Waals surface area (Å²) in [5, 5.41) is 24.1. The van der Waals surface area contributed by atoms with Crippen molar-refractivity contribution in [1.82, 2.24) is 5.32 Å². The molecule has 34 heavy (non-hydrogen) atoms. The van der Waals surface area contributed by atoms with E-state index in [1.54, 1.807) is 12.1 Å². The Morgan fingerprint density at radius 1 is 0.824 bits per heavy atom. The van der Waals surface area contributed by atoms with Crippen molar-refractivity contribution in [3.63, 3.8) is 0 Å². The van der Waals surface area contributed by atoms with Crippen LogP contribution in [-0.2, 0) is 9.53 Å². The summed E-state index contributed by atoms with van der Waals surface area (Å²) >= 11 is 0. The molecule has 7 nitrogen and oxygen atoms in total. The lowest BCUT2D eigenvalue weighted by atomic mass is 10.0. The van der Waals surface area contributed by atoms with E-state index in [4.69, 9.17) is 5.11 Å². The van der Waals surface area contributed by atoms with Gasteiger partial charge in [0, 0.05) is 30.8 Å². The van der Waals surface area contributed by atoms with Gasteiger partial charge in [-0.2, -0.15) is 0 Å². The molecule has 0 aromatic heterocycles. The third-order valence-corrected chi connectivity index (χ3v) is 5.97. The number of nitrogens with one attached hydrogen (secondary N) is 2. The second-order valence-corrected chi connectivity index (χ2v) is 8.97. The molecular weight excluding hydrogens is 432 g/mol. The number of amides is 1. The van der Waals surface area contributed by atoms with Crippen LogP contribution in [0.25, 0.3) is 0 Å². The zero-order valence-corrected chi connectivity index (χ0v) is 21.0. The van der Waals surface area contributed by atoms with E-state index < -0.39 is 6.10 Å². The van der Waals surface area contributed by atoms with Crippen LogP contribution in [0.15, 0.2) is 24.3 Å². The number of aliphatic hydroxyl groups excluding tert-OH is 2. The number of ether oxygens (including phenoxy) is 1. The van der Waals surface area contributed by atoms with Crippen LogP contribution >= 0.6 is 0 Å². The first-order valence-corrected chi connectivity index (χ1v) is 13.0. The second kappa shape index (κ2) is 20.3. The van der Waals surface area contributed by atoms with Crippen LogP contribution in [0, 0.1) is 0 Å². The molecule has 0 radical (unpaired) electrons. The van der Waals surface area contributed by atoms with E-state index in [9.17, 15) is 14.7 Å². The summed E-state index contributed by atoms with van der Waals surface area (Å²) in [7, 11) is 1.45. The molecule has 4 N–H and O–H groups in total. The van der Waals surface area contributed by atoms with Crippen molar-refractivity contribution in [2.75, 3.05) is 32.1 Å². The predicted octanol–water partition coefficient (Wildman–Crippen LogP) is 4.82. The first kappa shape index (κ1) is 29.9. The summed E-state index contributed by atoms with van der Waals surface area (Å²) in [5.41, 5.74) is 1.53. The highest BCUT2D eigenvalue weighted by atomic mass is 16.5. The molecule has 1 unspecified atom stereocenters. The van der Waals surface area contributed by atoms with E-state index in [0.29, 0.717) is 12.0 Å². The van der Waals surface area contributed by atoms with Gasteiger partial charge in [0.25, 0.3) is 5.91 Å². The number of esters is 1. The van der Waals surface area contributed by atoms with Gasteiger partial charge in [-0.25, -0.2) is 0 Å². The van der Waals surface area contributed by atoms with Crippen molar-refractivity contribution in [3.8, 4) is 0 Å². The number of hydrogen-bond acceptors (Lipinski definition) is 6. The minimum absolute atomic E-state index is 0.0379. The molecule has 0 aliphatic rings. The molecule has 0 bridgehead atoms. The van der Waals surface area contributed by atoms with E-state index >= 15 is 0 Å². The van der Waals surface area contributed by atoms with Gasteiger partial charge >= 0.3 is 5.97 Å². The van der Waals surface area contributed by atoms with Crippen LogP contribution in [0.2, 0.25) is 0 Å². The van der Waals surface area contributed by atoms with Gasteiger partial charge in [0.2, 0.25) is 0 Å². The number of aliphatic hydroxyl groups is 2. The molecule has 194 valence electrons. The SMILES string of the molecule is COC(=O)CCCCCCCCCCCCCCCNc1ccc(C(=O)NCC(O)CO)cc1. The number of unbranched alkanes of at least 4 members (excludes halogenated alkanes) is 12.